The lowest BCUT2D eigenvalue weighted by Crippen LogP contribution is -2.20. The van der Waals surface area contributed by atoms with Crippen LogP contribution in [0.4, 0.5) is 0 Å². The van der Waals surface area contributed by atoms with Crippen molar-refractivity contribution in [2.75, 3.05) is 0 Å². The molecule has 7 nitrogen and oxygen atoms in total. The number of nitrogens with one attached hydrogen (secondary N) is 1. The number of aromatic nitrogens is 5. The number of para-hydroxylation sites is 1. The standard InChI is InChI=1S/C17H17N5O2/c1-11-4-2-3-5-15(11)24-10-14-13(12-6-7-12)8-9-18-16(14)22-17(23)19-20-21-22/h2-5,8-9,12H,6-7,10H2,1H3,(H,19,21,23). The molecule has 1 fully saturated rings. The summed E-state index contributed by atoms with van der Waals surface area (Å²) in [6.07, 6.45) is 4.00. The van der Waals surface area contributed by atoms with Gasteiger partial charge in [0.1, 0.15) is 12.4 Å². The monoisotopic (exact) mass is 323 g/mol. The van der Waals surface area contributed by atoms with Crippen molar-refractivity contribution in [1.29, 1.82) is 0 Å². The summed E-state index contributed by atoms with van der Waals surface area (Å²) in [5.41, 5.74) is 2.71. The predicted molar refractivity (Wildman–Crippen MR) is 87.3 cm³/mol. The Bertz CT molecular complexity index is 926. The smallest absolute Gasteiger partial charge is 0.367 e. The van der Waals surface area contributed by atoms with Gasteiger partial charge in [0.25, 0.3) is 0 Å². The maximum absolute atomic E-state index is 11.9. The Morgan fingerprint density at radius 2 is 2.12 bits per heavy atom. The molecule has 2 aromatic heterocycles. The van der Waals surface area contributed by atoms with Gasteiger partial charge >= 0.3 is 5.69 Å². The topological polar surface area (TPSA) is 85.7 Å². The van der Waals surface area contributed by atoms with Gasteiger partial charge in [-0.15, -0.1) is 4.68 Å². The number of rotatable bonds is 5. The van der Waals surface area contributed by atoms with Crippen molar-refractivity contribution in [3.8, 4) is 11.6 Å². The lowest BCUT2D eigenvalue weighted by molar-refractivity contribution is 0.301. The predicted octanol–water partition coefficient (Wildman–Crippen LogP) is 2.12. The molecule has 1 N–H and O–H groups in total. The van der Waals surface area contributed by atoms with Crippen LogP contribution in [0.2, 0.25) is 0 Å². The molecule has 1 saturated carbocycles. The van der Waals surface area contributed by atoms with Crippen LogP contribution in [0.25, 0.3) is 5.82 Å². The minimum Gasteiger partial charge on any atom is -0.488 e. The van der Waals surface area contributed by atoms with Crippen LogP contribution in [0.3, 0.4) is 0 Å². The molecular weight excluding hydrogens is 306 g/mol. The number of H-pyrrole nitrogens is 1. The Kier molecular flexibility index (Phi) is 3.60. The van der Waals surface area contributed by atoms with Crippen LogP contribution < -0.4 is 10.4 Å². The number of hydrogen-bond donors (Lipinski definition) is 1. The van der Waals surface area contributed by atoms with Gasteiger partial charge in [0.05, 0.1) is 0 Å². The molecule has 0 saturated heterocycles. The highest BCUT2D eigenvalue weighted by Crippen LogP contribution is 2.42. The van der Waals surface area contributed by atoms with E-state index in [0.29, 0.717) is 18.3 Å². The largest absolute Gasteiger partial charge is 0.488 e. The molecule has 1 aliphatic rings. The van der Waals surface area contributed by atoms with Crippen LogP contribution in [0, 0.1) is 6.92 Å². The summed E-state index contributed by atoms with van der Waals surface area (Å²) in [5.74, 6) is 1.80. The summed E-state index contributed by atoms with van der Waals surface area (Å²) >= 11 is 0. The van der Waals surface area contributed by atoms with E-state index < -0.39 is 5.69 Å². The molecule has 1 aromatic carbocycles. The van der Waals surface area contributed by atoms with Crippen molar-refractivity contribution in [2.45, 2.75) is 32.3 Å². The molecule has 4 rings (SSSR count). The molecule has 1 aliphatic carbocycles. The lowest BCUT2D eigenvalue weighted by atomic mass is 10.1. The first-order valence-corrected chi connectivity index (χ1v) is 7.91. The highest BCUT2D eigenvalue weighted by atomic mass is 16.5. The average Bonchev–Trinajstić information content (AvgIpc) is 3.35. The van der Waals surface area contributed by atoms with E-state index in [1.165, 1.54) is 10.2 Å². The zero-order valence-corrected chi connectivity index (χ0v) is 13.3. The molecule has 3 aromatic rings. The average molecular weight is 323 g/mol. The van der Waals surface area contributed by atoms with Crippen molar-refractivity contribution in [3.63, 3.8) is 0 Å². The van der Waals surface area contributed by atoms with Gasteiger partial charge < -0.3 is 4.74 Å². The summed E-state index contributed by atoms with van der Waals surface area (Å²) in [7, 11) is 0. The van der Waals surface area contributed by atoms with Crippen molar-refractivity contribution < 1.29 is 4.74 Å². The fourth-order valence-electron chi connectivity index (χ4n) is 2.81. The molecule has 122 valence electrons. The SMILES string of the molecule is Cc1ccccc1OCc1c(C2CC2)ccnc1-n1nn[nH]c1=O. The summed E-state index contributed by atoms with van der Waals surface area (Å²) < 4.78 is 7.19. The molecule has 0 spiro atoms. The maximum atomic E-state index is 11.9. The normalized spacial score (nSPS) is 13.9. The summed E-state index contributed by atoms with van der Waals surface area (Å²) in [6.45, 7) is 2.34. The van der Waals surface area contributed by atoms with Gasteiger partial charge in [-0.2, -0.15) is 0 Å². The number of hydrogen-bond acceptors (Lipinski definition) is 5. The molecule has 7 heteroatoms. The first kappa shape index (κ1) is 14.6. The van der Waals surface area contributed by atoms with Gasteiger partial charge in [-0.25, -0.2) is 14.9 Å². The third-order valence-corrected chi connectivity index (χ3v) is 4.22. The number of tetrazole rings is 1. The van der Waals surface area contributed by atoms with E-state index in [0.717, 1.165) is 29.7 Å². The summed E-state index contributed by atoms with van der Waals surface area (Å²) in [6, 6.07) is 9.86. The Labute approximate surface area is 138 Å². The van der Waals surface area contributed by atoms with E-state index in [1.807, 2.05) is 37.3 Å². The Morgan fingerprint density at radius 1 is 1.29 bits per heavy atom. The van der Waals surface area contributed by atoms with Crippen molar-refractivity contribution in [1.82, 2.24) is 25.2 Å². The van der Waals surface area contributed by atoms with Gasteiger partial charge in [0.15, 0.2) is 5.82 Å². The van der Waals surface area contributed by atoms with Gasteiger partial charge in [-0.05, 0) is 59.4 Å². The van der Waals surface area contributed by atoms with Crippen LogP contribution in [0.1, 0.15) is 35.4 Å². The second kappa shape index (κ2) is 5.92. The Hall–Kier alpha value is -2.96. The van der Waals surface area contributed by atoms with Crippen LogP contribution >= 0.6 is 0 Å². The molecule has 0 amide bonds. The first-order valence-electron chi connectivity index (χ1n) is 7.91. The van der Waals surface area contributed by atoms with Gasteiger partial charge in [-0.1, -0.05) is 18.2 Å². The molecule has 24 heavy (non-hydrogen) atoms. The highest BCUT2D eigenvalue weighted by Gasteiger charge is 2.28. The van der Waals surface area contributed by atoms with Crippen molar-refractivity contribution >= 4 is 0 Å². The third-order valence-electron chi connectivity index (χ3n) is 4.22. The van der Waals surface area contributed by atoms with Gasteiger partial charge in [-0.3, -0.25) is 0 Å². The second-order valence-electron chi connectivity index (χ2n) is 5.95. The van der Waals surface area contributed by atoms with Gasteiger partial charge in [0.2, 0.25) is 0 Å². The van der Waals surface area contributed by atoms with E-state index in [9.17, 15) is 4.79 Å². The number of nitrogens with zero attached hydrogens (tertiary/aromatic N) is 4. The summed E-state index contributed by atoms with van der Waals surface area (Å²) in [5, 5.41) is 9.68. The van der Waals surface area contributed by atoms with Crippen LogP contribution in [0.5, 0.6) is 5.75 Å². The van der Waals surface area contributed by atoms with Crippen LogP contribution in [-0.2, 0) is 6.61 Å². The second-order valence-corrected chi connectivity index (χ2v) is 5.95. The molecule has 0 aliphatic heterocycles. The van der Waals surface area contributed by atoms with E-state index in [1.54, 1.807) is 6.20 Å². The molecule has 0 atom stereocenters. The number of aromatic amines is 1. The zero-order valence-electron chi connectivity index (χ0n) is 13.3. The fraction of sp³-hybridized carbons (Fsp3) is 0.294. The van der Waals surface area contributed by atoms with Crippen LogP contribution in [-0.4, -0.2) is 25.2 Å². The third kappa shape index (κ3) is 2.68. The highest BCUT2D eigenvalue weighted by molar-refractivity contribution is 5.43. The van der Waals surface area contributed by atoms with E-state index in [-0.39, 0.29) is 0 Å². The maximum Gasteiger partial charge on any atom is 0.367 e. The number of ether oxygens (including phenoxy) is 1. The van der Waals surface area contributed by atoms with E-state index in [2.05, 4.69) is 20.5 Å². The molecule has 0 radical (unpaired) electrons. The van der Waals surface area contributed by atoms with Crippen LogP contribution in [0.15, 0.2) is 41.3 Å². The molecular formula is C17H17N5O2. The number of benzene rings is 1. The fourth-order valence-corrected chi connectivity index (χ4v) is 2.81. The molecule has 0 bridgehead atoms. The van der Waals surface area contributed by atoms with Gasteiger partial charge in [0, 0.05) is 11.8 Å². The number of aryl methyl sites for hydroxylation is 1. The molecule has 2 heterocycles. The van der Waals surface area contributed by atoms with E-state index in [4.69, 9.17) is 4.74 Å². The molecule has 0 unspecified atom stereocenters. The first-order chi connectivity index (χ1) is 11.7. The quantitative estimate of drug-likeness (QED) is 0.777. The minimum absolute atomic E-state index is 0.332. The minimum atomic E-state index is -0.410. The van der Waals surface area contributed by atoms with Crippen molar-refractivity contribution in [2.24, 2.45) is 0 Å². The van der Waals surface area contributed by atoms with E-state index >= 15 is 0 Å². The number of pyridine rings is 1. The lowest BCUT2D eigenvalue weighted by Gasteiger charge is -2.14. The Balaban J connectivity index is 1.74. The Morgan fingerprint density at radius 3 is 2.83 bits per heavy atom. The summed E-state index contributed by atoms with van der Waals surface area (Å²) in [4.78, 5) is 16.2. The zero-order chi connectivity index (χ0) is 16.5. The van der Waals surface area contributed by atoms with Crippen molar-refractivity contribution in [3.05, 3.63) is 63.7 Å².